The number of rotatable bonds is 4. The molecule has 3 N–H and O–H groups in total. The summed E-state index contributed by atoms with van der Waals surface area (Å²) in [6.07, 6.45) is 1.70. The summed E-state index contributed by atoms with van der Waals surface area (Å²) in [5, 5.41) is 3.71. The third-order valence-corrected chi connectivity index (χ3v) is 3.40. The van der Waals surface area contributed by atoms with E-state index < -0.39 is 0 Å². The Morgan fingerprint density at radius 1 is 1.30 bits per heavy atom. The van der Waals surface area contributed by atoms with Crippen LogP contribution in [0.5, 0.6) is 0 Å². The molecule has 4 nitrogen and oxygen atoms in total. The van der Waals surface area contributed by atoms with Gasteiger partial charge >= 0.3 is 0 Å². The monoisotopic (exact) mass is 287 g/mol. The van der Waals surface area contributed by atoms with E-state index in [1.807, 2.05) is 38.1 Å². The maximum absolute atomic E-state index is 12.4. The Hall–Kier alpha value is -2.01. The molecule has 0 spiro atoms. The highest BCUT2D eigenvalue weighted by Gasteiger charge is 2.20. The van der Waals surface area contributed by atoms with E-state index in [0.29, 0.717) is 10.6 Å². The SMILES string of the molecule is CC(C)C(NC(=O)c1cccc2ncccc12)C(N)=S. The second-order valence-corrected chi connectivity index (χ2v) is 5.44. The average Bonchev–Trinajstić information content (AvgIpc) is 2.43. The van der Waals surface area contributed by atoms with Gasteiger partial charge in [0.05, 0.1) is 16.5 Å². The van der Waals surface area contributed by atoms with E-state index in [1.165, 1.54) is 0 Å². The van der Waals surface area contributed by atoms with Crippen molar-refractivity contribution in [3.8, 4) is 0 Å². The summed E-state index contributed by atoms with van der Waals surface area (Å²) in [7, 11) is 0. The normalized spacial score (nSPS) is 12.3. The molecule has 20 heavy (non-hydrogen) atoms. The van der Waals surface area contributed by atoms with Crippen LogP contribution in [0.25, 0.3) is 10.9 Å². The van der Waals surface area contributed by atoms with Crippen molar-refractivity contribution in [3.05, 3.63) is 42.1 Å². The number of nitrogens with zero attached hydrogens (tertiary/aromatic N) is 1. The zero-order valence-electron chi connectivity index (χ0n) is 11.5. The van der Waals surface area contributed by atoms with E-state index in [4.69, 9.17) is 18.0 Å². The van der Waals surface area contributed by atoms with Crippen molar-refractivity contribution in [2.75, 3.05) is 0 Å². The van der Waals surface area contributed by atoms with Crippen molar-refractivity contribution in [2.24, 2.45) is 11.7 Å². The number of thiocarbonyl (C=S) groups is 1. The molecule has 2 rings (SSSR count). The van der Waals surface area contributed by atoms with Crippen molar-refractivity contribution < 1.29 is 4.79 Å². The van der Waals surface area contributed by atoms with Gasteiger partial charge in [0.2, 0.25) is 0 Å². The van der Waals surface area contributed by atoms with E-state index in [1.54, 1.807) is 12.3 Å². The summed E-state index contributed by atoms with van der Waals surface area (Å²) in [6.45, 7) is 3.93. The zero-order valence-corrected chi connectivity index (χ0v) is 12.3. The lowest BCUT2D eigenvalue weighted by Gasteiger charge is -2.21. The topological polar surface area (TPSA) is 68.0 Å². The number of pyridine rings is 1. The second kappa shape index (κ2) is 5.96. The van der Waals surface area contributed by atoms with E-state index in [9.17, 15) is 4.79 Å². The van der Waals surface area contributed by atoms with Gasteiger partial charge < -0.3 is 11.1 Å². The maximum atomic E-state index is 12.4. The molecule has 0 fully saturated rings. The van der Waals surface area contributed by atoms with E-state index in [-0.39, 0.29) is 17.9 Å². The van der Waals surface area contributed by atoms with Gasteiger partial charge in [-0.2, -0.15) is 0 Å². The van der Waals surface area contributed by atoms with Gasteiger partial charge in [-0.05, 0) is 24.1 Å². The number of fused-ring (bicyclic) bond motifs is 1. The predicted octanol–water partition coefficient (Wildman–Crippen LogP) is 2.28. The average molecular weight is 287 g/mol. The third-order valence-electron chi connectivity index (χ3n) is 3.15. The number of aromatic nitrogens is 1. The fraction of sp³-hybridized carbons (Fsp3) is 0.267. The van der Waals surface area contributed by atoms with Gasteiger partial charge in [0, 0.05) is 17.1 Å². The molecule has 0 aliphatic rings. The highest BCUT2D eigenvalue weighted by Crippen LogP contribution is 2.17. The Labute approximate surface area is 123 Å². The number of carbonyl (C=O) groups is 1. The molecule has 0 saturated carbocycles. The first kappa shape index (κ1) is 14.4. The third kappa shape index (κ3) is 2.93. The molecule has 1 atom stereocenters. The van der Waals surface area contributed by atoms with Crippen LogP contribution in [0.15, 0.2) is 36.5 Å². The van der Waals surface area contributed by atoms with Gasteiger partial charge in [-0.25, -0.2) is 0 Å². The molecule has 0 saturated heterocycles. The highest BCUT2D eigenvalue weighted by atomic mass is 32.1. The highest BCUT2D eigenvalue weighted by molar-refractivity contribution is 7.80. The van der Waals surface area contributed by atoms with E-state index >= 15 is 0 Å². The molecule has 1 aromatic carbocycles. The van der Waals surface area contributed by atoms with Gasteiger partial charge in [0.15, 0.2) is 0 Å². The number of hydrogen-bond acceptors (Lipinski definition) is 3. The summed E-state index contributed by atoms with van der Waals surface area (Å²) >= 11 is 5.01. The number of amides is 1. The fourth-order valence-electron chi connectivity index (χ4n) is 2.09. The number of carbonyl (C=O) groups excluding carboxylic acids is 1. The Bertz CT molecular complexity index is 649. The van der Waals surface area contributed by atoms with Crippen LogP contribution in [0.4, 0.5) is 0 Å². The molecule has 104 valence electrons. The lowest BCUT2D eigenvalue weighted by atomic mass is 10.0. The molecule has 1 unspecified atom stereocenters. The van der Waals surface area contributed by atoms with Crippen molar-refractivity contribution in [1.29, 1.82) is 0 Å². The molecule has 5 heteroatoms. The number of nitrogens with one attached hydrogen (secondary N) is 1. The molecule has 1 aromatic heterocycles. The Morgan fingerprint density at radius 2 is 2.05 bits per heavy atom. The minimum absolute atomic E-state index is 0.143. The number of benzene rings is 1. The summed E-state index contributed by atoms with van der Waals surface area (Å²) in [5.74, 6) is -0.0420. The first-order chi connectivity index (χ1) is 9.50. The van der Waals surface area contributed by atoms with Gasteiger partial charge in [-0.15, -0.1) is 0 Å². The lowest BCUT2D eigenvalue weighted by Crippen LogP contribution is -2.46. The predicted molar refractivity (Wildman–Crippen MR) is 84.6 cm³/mol. The Morgan fingerprint density at radius 3 is 2.70 bits per heavy atom. The molecule has 0 aliphatic carbocycles. The van der Waals surface area contributed by atoms with Gasteiger partial charge in [0.1, 0.15) is 0 Å². The van der Waals surface area contributed by atoms with Crippen LogP contribution in [0, 0.1) is 5.92 Å². The van der Waals surface area contributed by atoms with Crippen molar-refractivity contribution >= 4 is 34.0 Å². The van der Waals surface area contributed by atoms with Crippen LogP contribution >= 0.6 is 12.2 Å². The molecule has 1 amide bonds. The summed E-state index contributed by atoms with van der Waals surface area (Å²) < 4.78 is 0. The lowest BCUT2D eigenvalue weighted by molar-refractivity contribution is 0.0941. The Balaban J connectivity index is 2.34. The smallest absolute Gasteiger partial charge is 0.252 e. The maximum Gasteiger partial charge on any atom is 0.252 e. The molecule has 0 bridgehead atoms. The number of hydrogen-bond donors (Lipinski definition) is 2. The van der Waals surface area contributed by atoms with E-state index in [0.717, 1.165) is 10.9 Å². The van der Waals surface area contributed by atoms with Crippen LogP contribution in [0.3, 0.4) is 0 Å². The minimum atomic E-state index is -0.315. The van der Waals surface area contributed by atoms with Gasteiger partial charge in [-0.1, -0.05) is 38.2 Å². The summed E-state index contributed by atoms with van der Waals surface area (Å²) in [4.78, 5) is 17.0. The first-order valence-electron chi connectivity index (χ1n) is 6.44. The van der Waals surface area contributed by atoms with Crippen LogP contribution in [-0.4, -0.2) is 21.9 Å². The standard InChI is InChI=1S/C15H17N3OS/c1-9(2)13(14(16)20)18-15(19)11-5-3-7-12-10(11)6-4-8-17-12/h3-9,13H,1-2H3,(H2,16,20)(H,18,19). The summed E-state index contributed by atoms with van der Waals surface area (Å²) in [5.41, 5.74) is 7.05. The Kier molecular flexibility index (Phi) is 4.29. The zero-order chi connectivity index (χ0) is 14.7. The van der Waals surface area contributed by atoms with Crippen molar-refractivity contribution in [2.45, 2.75) is 19.9 Å². The molecule has 0 radical (unpaired) electrons. The van der Waals surface area contributed by atoms with Gasteiger partial charge in [0.25, 0.3) is 5.91 Å². The summed E-state index contributed by atoms with van der Waals surface area (Å²) in [6, 6.07) is 8.84. The second-order valence-electron chi connectivity index (χ2n) is 4.97. The quantitative estimate of drug-likeness (QED) is 0.847. The first-order valence-corrected chi connectivity index (χ1v) is 6.85. The van der Waals surface area contributed by atoms with Crippen molar-refractivity contribution in [1.82, 2.24) is 10.3 Å². The van der Waals surface area contributed by atoms with Crippen LogP contribution in [0.1, 0.15) is 24.2 Å². The fourth-order valence-corrected chi connectivity index (χ4v) is 2.42. The minimum Gasteiger partial charge on any atom is -0.392 e. The number of nitrogens with two attached hydrogens (primary N) is 1. The largest absolute Gasteiger partial charge is 0.392 e. The molecular formula is C15H17N3OS. The molecular weight excluding hydrogens is 270 g/mol. The van der Waals surface area contributed by atoms with Crippen LogP contribution < -0.4 is 11.1 Å². The molecule has 2 aromatic rings. The van der Waals surface area contributed by atoms with Crippen molar-refractivity contribution in [3.63, 3.8) is 0 Å². The molecule has 0 aliphatic heterocycles. The van der Waals surface area contributed by atoms with Gasteiger partial charge in [-0.3, -0.25) is 9.78 Å². The van der Waals surface area contributed by atoms with Crippen LogP contribution in [-0.2, 0) is 0 Å². The van der Waals surface area contributed by atoms with E-state index in [2.05, 4.69) is 10.3 Å². The molecule has 1 heterocycles. The van der Waals surface area contributed by atoms with Crippen LogP contribution in [0.2, 0.25) is 0 Å².